The van der Waals surface area contributed by atoms with E-state index in [2.05, 4.69) is 30.4 Å². The molecular weight excluding hydrogens is 280 g/mol. The Morgan fingerprint density at radius 3 is 2.14 bits per heavy atom. The number of hydrogen-bond donors (Lipinski definition) is 1. The number of rotatable bonds is 9. The molecule has 22 heavy (non-hydrogen) atoms. The fraction of sp³-hybridized carbons (Fsp3) is 0.778. The van der Waals surface area contributed by atoms with Gasteiger partial charge in [0.1, 0.15) is 0 Å². The Kier molecular flexibility index (Phi) is 18.2. The van der Waals surface area contributed by atoms with E-state index in [0.29, 0.717) is 6.42 Å². The lowest BCUT2D eigenvalue weighted by atomic mass is 10.1. The molecule has 1 unspecified atom stereocenters. The minimum absolute atomic E-state index is 0.0819. The number of carboxylic acids is 1. The molecule has 0 saturated heterocycles. The van der Waals surface area contributed by atoms with Crippen LogP contribution in [0.25, 0.3) is 0 Å². The van der Waals surface area contributed by atoms with Gasteiger partial charge in [-0.05, 0) is 12.8 Å². The Labute approximate surface area is 135 Å². The summed E-state index contributed by atoms with van der Waals surface area (Å²) < 4.78 is 4.52. The van der Waals surface area contributed by atoms with Crippen LogP contribution in [0.15, 0.2) is 0 Å². The Balaban J connectivity index is 0. The highest BCUT2D eigenvalue weighted by atomic mass is 16.5. The van der Waals surface area contributed by atoms with Crippen LogP contribution in [0.5, 0.6) is 0 Å². The number of carboxylic acid groups (broad SMARTS) is 1. The molecule has 0 saturated carbocycles. The second-order valence-electron chi connectivity index (χ2n) is 5.36. The summed E-state index contributed by atoms with van der Waals surface area (Å²) in [5.74, 6) is 3.89. The summed E-state index contributed by atoms with van der Waals surface area (Å²) in [6, 6.07) is 0. The first-order valence-corrected chi connectivity index (χ1v) is 8.29. The van der Waals surface area contributed by atoms with Gasteiger partial charge in [-0.2, -0.15) is 0 Å². The molecule has 0 heterocycles. The van der Waals surface area contributed by atoms with Crippen molar-refractivity contribution in [3.8, 4) is 11.8 Å². The van der Waals surface area contributed by atoms with E-state index in [1.54, 1.807) is 0 Å². The lowest BCUT2D eigenvalue weighted by Crippen LogP contribution is -1.98. The van der Waals surface area contributed by atoms with Gasteiger partial charge >= 0.3 is 11.9 Å². The van der Waals surface area contributed by atoms with Crippen molar-refractivity contribution < 1.29 is 19.4 Å². The van der Waals surface area contributed by atoms with Crippen LogP contribution in [0.4, 0.5) is 0 Å². The Hall–Kier alpha value is -1.50. The topological polar surface area (TPSA) is 63.6 Å². The number of carbonyl (C=O) groups is 2. The van der Waals surface area contributed by atoms with Crippen molar-refractivity contribution in [2.75, 3.05) is 7.11 Å². The molecule has 0 amide bonds. The van der Waals surface area contributed by atoms with Crippen molar-refractivity contribution in [2.24, 2.45) is 5.92 Å². The van der Waals surface area contributed by atoms with E-state index in [1.165, 1.54) is 26.4 Å². The SMILES string of the molecule is CCCCC(C)C#CC(=O)O.CCCCCCCC(=O)OC. The molecule has 0 aromatic rings. The summed E-state index contributed by atoms with van der Waals surface area (Å²) >= 11 is 0. The Morgan fingerprint density at radius 2 is 1.64 bits per heavy atom. The molecule has 0 radical (unpaired) electrons. The van der Waals surface area contributed by atoms with E-state index >= 15 is 0 Å². The molecule has 0 aromatic heterocycles. The number of unbranched alkanes of at least 4 members (excludes halogenated alkanes) is 5. The number of aliphatic carboxylic acids is 1. The smallest absolute Gasteiger partial charge is 0.381 e. The second-order valence-corrected chi connectivity index (χ2v) is 5.36. The fourth-order valence-corrected chi connectivity index (χ4v) is 1.74. The fourth-order valence-electron chi connectivity index (χ4n) is 1.74. The number of esters is 1. The van der Waals surface area contributed by atoms with Gasteiger partial charge in [0.2, 0.25) is 0 Å². The summed E-state index contributed by atoms with van der Waals surface area (Å²) in [4.78, 5) is 20.6. The third-order valence-electron chi connectivity index (χ3n) is 3.13. The quantitative estimate of drug-likeness (QED) is 0.389. The zero-order valence-corrected chi connectivity index (χ0v) is 14.6. The largest absolute Gasteiger partial charge is 0.472 e. The maximum Gasteiger partial charge on any atom is 0.381 e. The van der Waals surface area contributed by atoms with Gasteiger partial charge in [0, 0.05) is 18.3 Å². The van der Waals surface area contributed by atoms with Crippen LogP contribution >= 0.6 is 0 Å². The van der Waals surface area contributed by atoms with Gasteiger partial charge in [0.15, 0.2) is 0 Å². The van der Waals surface area contributed by atoms with Crippen LogP contribution in [0.2, 0.25) is 0 Å². The van der Waals surface area contributed by atoms with Crippen molar-refractivity contribution in [3.05, 3.63) is 0 Å². The maximum absolute atomic E-state index is 10.6. The molecule has 0 aliphatic heterocycles. The summed E-state index contributed by atoms with van der Waals surface area (Å²) in [6.45, 7) is 6.24. The van der Waals surface area contributed by atoms with Gasteiger partial charge in [-0.3, -0.25) is 4.79 Å². The molecule has 128 valence electrons. The zero-order chi connectivity index (χ0) is 17.2. The maximum atomic E-state index is 10.6. The predicted octanol–water partition coefficient (Wildman–Crippen LogP) is 4.42. The average molecular weight is 312 g/mol. The standard InChI is InChI=1S/C9H14O2.C9H18O2/c1-3-4-5-8(2)6-7-9(10)11;1-3-4-5-6-7-8-9(10)11-2/h8H,3-5H2,1-2H3,(H,10,11);3-8H2,1-2H3. The van der Waals surface area contributed by atoms with Crippen molar-refractivity contribution in [1.29, 1.82) is 0 Å². The van der Waals surface area contributed by atoms with Crippen molar-refractivity contribution >= 4 is 11.9 Å². The molecule has 0 rings (SSSR count). The first kappa shape index (κ1) is 22.8. The molecule has 0 aliphatic carbocycles. The monoisotopic (exact) mass is 312 g/mol. The van der Waals surface area contributed by atoms with Crippen LogP contribution in [0.1, 0.15) is 78.6 Å². The zero-order valence-electron chi connectivity index (χ0n) is 14.6. The van der Waals surface area contributed by atoms with Crippen molar-refractivity contribution in [2.45, 2.75) is 78.6 Å². The van der Waals surface area contributed by atoms with E-state index in [9.17, 15) is 9.59 Å². The van der Waals surface area contributed by atoms with Gasteiger partial charge in [-0.1, -0.05) is 65.2 Å². The molecule has 4 heteroatoms. The molecule has 0 spiro atoms. The molecule has 0 fully saturated rings. The van der Waals surface area contributed by atoms with Crippen LogP contribution in [0.3, 0.4) is 0 Å². The lowest BCUT2D eigenvalue weighted by molar-refractivity contribution is -0.140. The van der Waals surface area contributed by atoms with E-state index in [0.717, 1.165) is 32.1 Å². The summed E-state index contributed by atoms with van der Waals surface area (Å²) in [5.41, 5.74) is 0. The number of ether oxygens (including phenoxy) is 1. The van der Waals surface area contributed by atoms with Crippen molar-refractivity contribution in [3.63, 3.8) is 0 Å². The average Bonchev–Trinajstić information content (AvgIpc) is 2.51. The summed E-state index contributed by atoms with van der Waals surface area (Å²) in [6.07, 6.45) is 9.74. The van der Waals surface area contributed by atoms with Crippen LogP contribution in [0, 0.1) is 17.8 Å². The van der Waals surface area contributed by atoms with E-state index in [-0.39, 0.29) is 11.9 Å². The number of hydrogen-bond acceptors (Lipinski definition) is 3. The third kappa shape index (κ3) is 20.8. The van der Waals surface area contributed by atoms with Gasteiger partial charge in [-0.15, -0.1) is 0 Å². The van der Waals surface area contributed by atoms with E-state index in [4.69, 9.17) is 5.11 Å². The van der Waals surface area contributed by atoms with Crippen LogP contribution in [-0.4, -0.2) is 24.2 Å². The van der Waals surface area contributed by atoms with E-state index < -0.39 is 5.97 Å². The Bertz CT molecular complexity index is 339. The number of carbonyl (C=O) groups excluding carboxylic acids is 1. The van der Waals surface area contributed by atoms with Gasteiger partial charge in [0.25, 0.3) is 0 Å². The molecule has 0 aliphatic rings. The molecular formula is C18H32O4. The normalized spacial score (nSPS) is 10.5. The Morgan fingerprint density at radius 1 is 1.05 bits per heavy atom. The first-order valence-electron chi connectivity index (χ1n) is 8.29. The number of methoxy groups -OCH3 is 1. The third-order valence-corrected chi connectivity index (χ3v) is 3.13. The van der Waals surface area contributed by atoms with Crippen molar-refractivity contribution in [1.82, 2.24) is 0 Å². The van der Waals surface area contributed by atoms with Gasteiger partial charge in [0.05, 0.1) is 7.11 Å². The highest BCUT2D eigenvalue weighted by Gasteiger charge is 1.98. The van der Waals surface area contributed by atoms with Crippen LogP contribution in [-0.2, 0) is 14.3 Å². The molecule has 1 N–H and O–H groups in total. The summed E-state index contributed by atoms with van der Waals surface area (Å²) in [7, 11) is 1.44. The second kappa shape index (κ2) is 17.6. The predicted molar refractivity (Wildman–Crippen MR) is 89.5 cm³/mol. The molecule has 0 aromatic carbocycles. The first-order chi connectivity index (χ1) is 10.5. The molecule has 1 atom stereocenters. The van der Waals surface area contributed by atoms with E-state index in [1.807, 2.05) is 6.92 Å². The highest BCUT2D eigenvalue weighted by Crippen LogP contribution is 2.05. The molecule has 0 bridgehead atoms. The molecule has 4 nitrogen and oxygen atoms in total. The lowest BCUT2D eigenvalue weighted by Gasteiger charge is -1.99. The highest BCUT2D eigenvalue weighted by molar-refractivity contribution is 5.86. The van der Waals surface area contributed by atoms with Gasteiger partial charge < -0.3 is 9.84 Å². The van der Waals surface area contributed by atoms with Gasteiger partial charge in [-0.25, -0.2) is 4.79 Å². The van der Waals surface area contributed by atoms with Crippen LogP contribution < -0.4 is 0 Å². The minimum Gasteiger partial charge on any atom is -0.472 e. The minimum atomic E-state index is -1.03. The summed E-state index contributed by atoms with van der Waals surface area (Å²) in [5, 5.41) is 8.21.